The van der Waals surface area contributed by atoms with E-state index in [0.29, 0.717) is 18.8 Å². The van der Waals surface area contributed by atoms with Crippen molar-refractivity contribution in [2.45, 2.75) is 19.1 Å². The molecule has 2 amide bonds. The molecule has 1 aliphatic heterocycles. The lowest BCUT2D eigenvalue weighted by atomic mass is 10.2. The molecule has 27 heavy (non-hydrogen) atoms. The van der Waals surface area contributed by atoms with Crippen LogP contribution < -0.4 is 15.0 Å². The average molecular weight is 385 g/mol. The van der Waals surface area contributed by atoms with E-state index in [-0.39, 0.29) is 24.8 Å². The van der Waals surface area contributed by atoms with Gasteiger partial charge in [0.05, 0.1) is 5.69 Å². The summed E-state index contributed by atoms with van der Waals surface area (Å²) in [4.78, 5) is 25.8. The van der Waals surface area contributed by atoms with Crippen LogP contribution in [0.4, 0.5) is 5.69 Å². The molecule has 142 valence electrons. The normalized spacial score (nSPS) is 13.1. The minimum Gasteiger partial charge on any atom is -0.482 e. The Labute approximate surface area is 164 Å². The molecule has 6 heteroatoms. The van der Waals surface area contributed by atoms with Gasteiger partial charge in [0, 0.05) is 31.0 Å². The molecule has 1 aliphatic rings. The third kappa shape index (κ3) is 5.50. The summed E-state index contributed by atoms with van der Waals surface area (Å²) < 4.78 is 5.41. The number of para-hydroxylation sites is 2. The van der Waals surface area contributed by atoms with Gasteiger partial charge in [0.2, 0.25) is 5.91 Å². The van der Waals surface area contributed by atoms with Crippen molar-refractivity contribution >= 4 is 29.3 Å². The van der Waals surface area contributed by atoms with Crippen LogP contribution in [-0.2, 0) is 15.3 Å². The highest BCUT2D eigenvalue weighted by molar-refractivity contribution is 7.98. The van der Waals surface area contributed by atoms with Gasteiger partial charge in [-0.05, 0) is 24.6 Å². The largest absolute Gasteiger partial charge is 0.482 e. The summed E-state index contributed by atoms with van der Waals surface area (Å²) in [5.74, 6) is 2.33. The van der Waals surface area contributed by atoms with Crippen LogP contribution in [0.2, 0.25) is 0 Å². The number of thioether (sulfide) groups is 1. The monoisotopic (exact) mass is 384 g/mol. The van der Waals surface area contributed by atoms with Gasteiger partial charge in [0.1, 0.15) is 5.75 Å². The van der Waals surface area contributed by atoms with Crippen LogP contribution in [0.15, 0.2) is 48.5 Å². The van der Waals surface area contributed by atoms with Crippen molar-refractivity contribution in [2.75, 3.05) is 30.3 Å². The number of amides is 2. The van der Waals surface area contributed by atoms with Gasteiger partial charge in [0.25, 0.3) is 5.91 Å². The number of aryl methyl sites for hydroxylation is 1. The maximum absolute atomic E-state index is 12.1. The molecule has 0 aliphatic carbocycles. The molecular weight excluding hydrogens is 360 g/mol. The van der Waals surface area contributed by atoms with E-state index in [2.05, 4.69) is 36.5 Å². The zero-order chi connectivity index (χ0) is 19.1. The quantitative estimate of drug-likeness (QED) is 0.711. The smallest absolute Gasteiger partial charge is 0.265 e. The number of hydrogen-bond donors (Lipinski definition) is 1. The Kier molecular flexibility index (Phi) is 6.76. The fraction of sp³-hybridized carbons (Fsp3) is 0.333. The van der Waals surface area contributed by atoms with Crippen molar-refractivity contribution in [1.82, 2.24) is 5.32 Å². The molecule has 0 aromatic heterocycles. The van der Waals surface area contributed by atoms with Gasteiger partial charge in [-0.3, -0.25) is 9.59 Å². The van der Waals surface area contributed by atoms with E-state index in [1.165, 1.54) is 11.1 Å². The van der Waals surface area contributed by atoms with Gasteiger partial charge >= 0.3 is 0 Å². The number of rotatable bonds is 8. The summed E-state index contributed by atoms with van der Waals surface area (Å²) in [6, 6.07) is 15.9. The van der Waals surface area contributed by atoms with Crippen LogP contribution >= 0.6 is 11.8 Å². The number of carbonyl (C=O) groups excluding carboxylic acids is 2. The Morgan fingerprint density at radius 2 is 1.96 bits per heavy atom. The Morgan fingerprint density at radius 1 is 1.19 bits per heavy atom. The number of nitrogens with zero attached hydrogens (tertiary/aromatic N) is 1. The van der Waals surface area contributed by atoms with E-state index in [9.17, 15) is 9.59 Å². The van der Waals surface area contributed by atoms with E-state index in [0.717, 1.165) is 17.2 Å². The number of anilines is 1. The Hall–Kier alpha value is -2.47. The number of nitrogens with one attached hydrogen (secondary N) is 1. The lowest BCUT2D eigenvalue weighted by Gasteiger charge is -2.29. The second kappa shape index (κ2) is 9.46. The van der Waals surface area contributed by atoms with E-state index < -0.39 is 0 Å². The van der Waals surface area contributed by atoms with Crippen molar-refractivity contribution < 1.29 is 14.3 Å². The Bertz CT molecular complexity index is 792. The van der Waals surface area contributed by atoms with Crippen LogP contribution in [0.1, 0.15) is 17.5 Å². The van der Waals surface area contributed by atoms with Gasteiger partial charge in [-0.1, -0.05) is 42.0 Å². The molecule has 0 saturated heterocycles. The molecule has 1 heterocycles. The molecule has 0 radical (unpaired) electrons. The molecule has 0 spiro atoms. The molecule has 5 nitrogen and oxygen atoms in total. The highest BCUT2D eigenvalue weighted by atomic mass is 32.2. The molecule has 0 saturated carbocycles. The van der Waals surface area contributed by atoms with Crippen molar-refractivity contribution in [3.63, 3.8) is 0 Å². The molecule has 2 aromatic rings. The molecule has 2 aromatic carbocycles. The maximum atomic E-state index is 12.1. The topological polar surface area (TPSA) is 58.6 Å². The lowest BCUT2D eigenvalue weighted by Crippen LogP contribution is -2.41. The lowest BCUT2D eigenvalue weighted by molar-refractivity contribution is -0.122. The third-order valence-corrected chi connectivity index (χ3v) is 5.36. The summed E-state index contributed by atoms with van der Waals surface area (Å²) in [6.45, 7) is 3.09. The van der Waals surface area contributed by atoms with Crippen molar-refractivity contribution in [1.29, 1.82) is 0 Å². The summed E-state index contributed by atoms with van der Waals surface area (Å²) in [5.41, 5.74) is 3.29. The third-order valence-electron chi connectivity index (χ3n) is 4.33. The average Bonchev–Trinajstić information content (AvgIpc) is 2.68. The zero-order valence-corrected chi connectivity index (χ0v) is 16.3. The van der Waals surface area contributed by atoms with Gasteiger partial charge in [-0.25, -0.2) is 0 Å². The second-order valence-corrected chi connectivity index (χ2v) is 7.55. The molecule has 0 atom stereocenters. The van der Waals surface area contributed by atoms with Gasteiger partial charge in [0.15, 0.2) is 6.61 Å². The van der Waals surface area contributed by atoms with Gasteiger partial charge in [-0.2, -0.15) is 11.8 Å². The molecule has 0 unspecified atom stereocenters. The predicted molar refractivity (Wildman–Crippen MR) is 109 cm³/mol. The predicted octanol–water partition coefficient (Wildman–Crippen LogP) is 3.16. The highest BCUT2D eigenvalue weighted by Crippen LogP contribution is 2.31. The number of fused-ring (bicyclic) bond motifs is 1. The number of benzene rings is 2. The fourth-order valence-electron chi connectivity index (χ4n) is 2.84. The van der Waals surface area contributed by atoms with Crippen LogP contribution in [0.3, 0.4) is 0 Å². The van der Waals surface area contributed by atoms with Gasteiger partial charge < -0.3 is 15.0 Å². The van der Waals surface area contributed by atoms with E-state index >= 15 is 0 Å². The molecule has 3 rings (SSSR count). The molecular formula is C21H24N2O3S. The second-order valence-electron chi connectivity index (χ2n) is 6.44. The first kappa shape index (κ1) is 19.3. The first-order valence-electron chi connectivity index (χ1n) is 9.05. The zero-order valence-electron chi connectivity index (χ0n) is 15.4. The van der Waals surface area contributed by atoms with Crippen LogP contribution in [0.25, 0.3) is 0 Å². The summed E-state index contributed by atoms with van der Waals surface area (Å²) in [6.07, 6.45) is 0.280. The van der Waals surface area contributed by atoms with Crippen molar-refractivity contribution in [3.8, 4) is 5.75 Å². The van der Waals surface area contributed by atoms with Crippen LogP contribution in [0, 0.1) is 6.92 Å². The van der Waals surface area contributed by atoms with E-state index in [1.807, 2.05) is 24.3 Å². The standard InChI is InChI=1S/C21H24N2O3S/c1-16-6-8-17(9-7-16)15-27-13-11-22-20(24)10-12-23-18-4-2-3-5-19(18)26-14-21(23)25/h2-9H,10-15H2,1H3,(H,22,24). The van der Waals surface area contributed by atoms with E-state index in [4.69, 9.17) is 4.74 Å². The summed E-state index contributed by atoms with van der Waals surface area (Å²) >= 11 is 1.80. The van der Waals surface area contributed by atoms with E-state index in [1.54, 1.807) is 16.7 Å². The minimum absolute atomic E-state index is 0.0221. The Morgan fingerprint density at radius 3 is 2.78 bits per heavy atom. The Balaban J connectivity index is 1.36. The SMILES string of the molecule is Cc1ccc(CSCCNC(=O)CCN2C(=O)COc3ccccc32)cc1. The van der Waals surface area contributed by atoms with Crippen molar-refractivity contribution in [2.24, 2.45) is 0 Å². The first-order chi connectivity index (χ1) is 13.1. The van der Waals surface area contributed by atoms with Crippen LogP contribution in [-0.4, -0.2) is 37.3 Å². The van der Waals surface area contributed by atoms with Gasteiger partial charge in [-0.15, -0.1) is 0 Å². The van der Waals surface area contributed by atoms with Crippen molar-refractivity contribution in [3.05, 3.63) is 59.7 Å². The minimum atomic E-state index is -0.116. The molecule has 1 N–H and O–H groups in total. The molecule has 0 fully saturated rings. The number of carbonyl (C=O) groups is 2. The highest BCUT2D eigenvalue weighted by Gasteiger charge is 2.25. The fourth-order valence-corrected chi connectivity index (χ4v) is 3.66. The summed E-state index contributed by atoms with van der Waals surface area (Å²) in [5, 5.41) is 2.93. The first-order valence-corrected chi connectivity index (χ1v) is 10.2. The van der Waals surface area contributed by atoms with Crippen LogP contribution in [0.5, 0.6) is 5.75 Å². The number of hydrogen-bond acceptors (Lipinski definition) is 4. The number of ether oxygens (including phenoxy) is 1. The molecule has 0 bridgehead atoms. The maximum Gasteiger partial charge on any atom is 0.265 e. The summed E-state index contributed by atoms with van der Waals surface area (Å²) in [7, 11) is 0.